The Labute approximate surface area is 336 Å². The van der Waals surface area contributed by atoms with Gasteiger partial charge in [0.15, 0.2) is 11.6 Å². The molecular weight excluding hydrogens is 730 g/mol. The van der Waals surface area contributed by atoms with Crippen molar-refractivity contribution in [3.05, 3.63) is 59.2 Å². The number of ether oxygens (including phenoxy) is 3. The van der Waals surface area contributed by atoms with E-state index in [-0.39, 0.29) is 41.6 Å². The van der Waals surface area contributed by atoms with E-state index in [1.807, 2.05) is 0 Å². The molecule has 0 spiro atoms. The summed E-state index contributed by atoms with van der Waals surface area (Å²) in [5.74, 6) is 5.07. The fraction of sp³-hybridized carbons (Fsp3) is 0.787. The number of rotatable bonds is 6. The van der Waals surface area contributed by atoms with Crippen molar-refractivity contribution in [3.8, 4) is 0 Å². The third-order valence-corrected chi connectivity index (χ3v) is 21.8. The Morgan fingerprint density at radius 3 is 1.49 bits per heavy atom. The first-order valence-electron chi connectivity index (χ1n) is 21.6. The van der Waals surface area contributed by atoms with Gasteiger partial charge in [-0.05, 0) is 162 Å². The maximum Gasteiger partial charge on any atom is 2.00 e. The minimum atomic E-state index is -0.574. The SMILES string of the molecule is CC(C)(C)c1ccc[cH-]1.CC12CC3(C)OC(C)(CC(C)(O1)C3(CP)c1[cH-]ccc1CP(C13CC4CC(CC(C4)C1)C3)C13CC4CC(CC(C4)C1)C3)O2.[Fe+2]. The van der Waals surface area contributed by atoms with Gasteiger partial charge in [0.2, 0.25) is 0 Å². The van der Waals surface area contributed by atoms with Gasteiger partial charge in [0.1, 0.15) is 0 Å². The van der Waals surface area contributed by atoms with Crippen molar-refractivity contribution >= 4 is 17.2 Å². The molecule has 53 heavy (non-hydrogen) atoms. The van der Waals surface area contributed by atoms with Crippen LogP contribution in [0.3, 0.4) is 0 Å². The van der Waals surface area contributed by atoms with Gasteiger partial charge in [-0.2, -0.15) is 41.0 Å². The Bertz CT molecular complexity index is 1520. The fourth-order valence-electron chi connectivity index (χ4n) is 16.7. The topological polar surface area (TPSA) is 27.7 Å². The van der Waals surface area contributed by atoms with Gasteiger partial charge in [0, 0.05) is 18.3 Å². The summed E-state index contributed by atoms with van der Waals surface area (Å²) in [5, 5.41) is 1.30. The van der Waals surface area contributed by atoms with Gasteiger partial charge >= 0.3 is 17.1 Å². The molecule has 12 aliphatic rings. The monoisotopic (exact) mass is 798 g/mol. The second-order valence-corrected chi connectivity index (χ2v) is 25.7. The second kappa shape index (κ2) is 12.5. The quantitative estimate of drug-likeness (QED) is 0.166. The first-order chi connectivity index (χ1) is 24.5. The summed E-state index contributed by atoms with van der Waals surface area (Å²) in [6.07, 6.45) is 22.7. The van der Waals surface area contributed by atoms with Crippen molar-refractivity contribution < 1.29 is 31.3 Å². The van der Waals surface area contributed by atoms with Gasteiger partial charge in [-0.1, -0.05) is 26.9 Å². The van der Waals surface area contributed by atoms with Crippen LogP contribution in [-0.2, 0) is 48.3 Å². The minimum absolute atomic E-state index is 0. The van der Waals surface area contributed by atoms with Crippen LogP contribution in [0.5, 0.6) is 0 Å². The Morgan fingerprint density at radius 1 is 0.679 bits per heavy atom. The predicted octanol–water partition coefficient (Wildman–Crippen LogP) is 12.0. The van der Waals surface area contributed by atoms with Crippen LogP contribution >= 0.6 is 17.2 Å². The first-order valence-corrected chi connectivity index (χ1v) is 23.9. The molecule has 6 heteroatoms. The largest absolute Gasteiger partial charge is 2.00 e. The summed E-state index contributed by atoms with van der Waals surface area (Å²) in [7, 11) is 3.09. The van der Waals surface area contributed by atoms with Gasteiger partial charge in [-0.25, -0.2) is 18.2 Å². The molecule has 2 aromatic rings. The van der Waals surface area contributed by atoms with E-state index >= 15 is 0 Å². The summed E-state index contributed by atoms with van der Waals surface area (Å²) in [6, 6.07) is 16.0. The molecule has 0 amide bonds. The zero-order valence-electron chi connectivity index (χ0n) is 33.9. The van der Waals surface area contributed by atoms with Crippen LogP contribution in [0.15, 0.2) is 42.5 Å². The standard InChI is InChI=1S/C38H55O3P2.C9H13.Fe/c1-32-21-34(3)40-33(2,22-35(4,39-32)41-34)38(32,23-42)31-7-5-6-30(31)20-43(36-14-24-8-25(15-36)10-26(9-24)16-36)37-17-27-11-28(18-37)13-29(12-27)19-37;1-9(2,3)8-6-4-5-7-8;/h5-7,24-29H,8-23,42H2,1-4H3;4-7H,1-3H3;/q2*-1;+2. The van der Waals surface area contributed by atoms with E-state index in [4.69, 9.17) is 14.2 Å². The molecule has 0 N–H and O–H groups in total. The van der Waals surface area contributed by atoms with Gasteiger partial charge < -0.3 is 14.2 Å². The van der Waals surface area contributed by atoms with Crippen LogP contribution in [0.25, 0.3) is 0 Å². The van der Waals surface area contributed by atoms with E-state index in [1.165, 1.54) is 11.7 Å². The molecule has 0 aromatic heterocycles. The van der Waals surface area contributed by atoms with E-state index in [9.17, 15) is 0 Å². The summed E-state index contributed by atoms with van der Waals surface area (Å²) in [5.41, 5.74) is 4.14. The Kier molecular flexibility index (Phi) is 9.06. The van der Waals surface area contributed by atoms with Gasteiger partial charge in [-0.15, -0.1) is 17.2 Å². The Hall–Kier alpha value is -0.0405. The normalized spacial score (nSPS) is 50.2. The second-order valence-electron chi connectivity index (χ2n) is 22.3. The Morgan fingerprint density at radius 2 is 1.13 bits per heavy atom. The molecule has 0 radical (unpaired) electrons. The van der Waals surface area contributed by atoms with Crippen LogP contribution in [0.2, 0.25) is 0 Å². The predicted molar refractivity (Wildman–Crippen MR) is 218 cm³/mol. The molecule has 12 fully saturated rings. The summed E-state index contributed by atoms with van der Waals surface area (Å²) in [6.45, 7) is 15.8. The van der Waals surface area contributed by atoms with Crippen molar-refractivity contribution in [2.75, 3.05) is 6.16 Å². The molecule has 8 aliphatic carbocycles. The van der Waals surface area contributed by atoms with E-state index in [0.29, 0.717) is 15.7 Å². The fourth-order valence-corrected chi connectivity index (χ4v) is 23.0. The van der Waals surface area contributed by atoms with Gasteiger partial charge in [0.25, 0.3) is 0 Å². The molecular formula is C47H68FeO3P2. The summed E-state index contributed by atoms with van der Waals surface area (Å²) < 4.78 is 20.7. The van der Waals surface area contributed by atoms with Gasteiger partial charge in [-0.3, -0.25) is 0 Å². The molecule has 5 unspecified atom stereocenters. The molecule has 8 saturated carbocycles. The molecule has 292 valence electrons. The maximum atomic E-state index is 7.11. The third-order valence-electron chi connectivity index (χ3n) is 17.1. The average Bonchev–Trinajstić information content (AvgIpc) is 3.70. The maximum absolute atomic E-state index is 7.11. The smallest absolute Gasteiger partial charge is 0.343 e. The van der Waals surface area contributed by atoms with Crippen LogP contribution in [0, 0.1) is 35.5 Å². The van der Waals surface area contributed by atoms with Crippen LogP contribution in [0.1, 0.15) is 155 Å². The zero-order chi connectivity index (χ0) is 36.2. The van der Waals surface area contributed by atoms with E-state index < -0.39 is 11.6 Å². The van der Waals surface area contributed by atoms with Gasteiger partial charge in [0.05, 0.1) is 11.2 Å². The molecule has 4 heterocycles. The van der Waals surface area contributed by atoms with Crippen LogP contribution < -0.4 is 0 Å². The summed E-state index contributed by atoms with van der Waals surface area (Å²) in [4.78, 5) is 0. The Balaban J connectivity index is 0.000000330. The zero-order valence-corrected chi connectivity index (χ0v) is 37.1. The number of hydrogen-bond donors (Lipinski definition) is 0. The van der Waals surface area contributed by atoms with Crippen molar-refractivity contribution in [3.63, 3.8) is 0 Å². The number of hydrogen-bond acceptors (Lipinski definition) is 3. The molecule has 5 atom stereocenters. The summed E-state index contributed by atoms with van der Waals surface area (Å²) >= 11 is 0. The third kappa shape index (κ3) is 5.77. The van der Waals surface area contributed by atoms with Crippen molar-refractivity contribution in [2.45, 2.75) is 188 Å². The van der Waals surface area contributed by atoms with Crippen molar-refractivity contribution in [2.24, 2.45) is 35.5 Å². The molecule has 4 aliphatic heterocycles. The van der Waals surface area contributed by atoms with E-state index in [2.05, 4.69) is 100 Å². The van der Waals surface area contributed by atoms with Crippen molar-refractivity contribution in [1.29, 1.82) is 0 Å². The van der Waals surface area contributed by atoms with Crippen molar-refractivity contribution in [1.82, 2.24) is 0 Å². The van der Waals surface area contributed by atoms with Crippen LogP contribution in [-0.4, -0.2) is 39.3 Å². The average molecular weight is 799 g/mol. The van der Waals surface area contributed by atoms with Crippen LogP contribution in [0.4, 0.5) is 0 Å². The molecule has 2 aromatic carbocycles. The molecule has 3 nitrogen and oxygen atoms in total. The molecule has 14 rings (SSSR count). The first kappa shape index (κ1) is 38.5. The molecule has 12 bridgehead atoms. The van der Waals surface area contributed by atoms with E-state index in [0.717, 1.165) is 54.5 Å². The molecule has 4 saturated heterocycles. The minimum Gasteiger partial charge on any atom is -0.343 e. The van der Waals surface area contributed by atoms with E-state index in [1.54, 1.807) is 88.2 Å².